The summed E-state index contributed by atoms with van der Waals surface area (Å²) < 4.78 is 0. The van der Waals surface area contributed by atoms with Gasteiger partial charge in [0.05, 0.1) is 11.4 Å². The highest BCUT2D eigenvalue weighted by Gasteiger charge is 2.22. The fourth-order valence-corrected chi connectivity index (χ4v) is 4.96. The molecule has 0 radical (unpaired) electrons. The molecule has 1 N–H and O–H groups in total. The maximum absolute atomic E-state index is 3.72. The summed E-state index contributed by atoms with van der Waals surface area (Å²) >= 11 is 1.90. The molecule has 0 spiro atoms. The standard InChI is InChI=1S/C22H31N3S.2BrH/c1-7-24(8-2)17-11-15(5)21-19(13-17)26-20-14-18(25(9-3)10-4)12-16(6)22(20)23-21;;/h11-14,23H,7-10H2,1-6H3;2*1H. The van der Waals surface area contributed by atoms with Gasteiger partial charge in [-0.25, -0.2) is 0 Å². The molecule has 3 nitrogen and oxygen atoms in total. The number of benzene rings is 2. The summed E-state index contributed by atoms with van der Waals surface area (Å²) in [6, 6.07) is 9.30. The Labute approximate surface area is 195 Å². The van der Waals surface area contributed by atoms with Crippen LogP contribution in [0.15, 0.2) is 34.1 Å². The summed E-state index contributed by atoms with van der Waals surface area (Å²) in [6.45, 7) is 17.5. The monoisotopic (exact) mass is 529 g/mol. The third kappa shape index (κ3) is 4.82. The van der Waals surface area contributed by atoms with Crippen molar-refractivity contribution in [2.45, 2.75) is 51.3 Å². The number of aryl methyl sites for hydroxylation is 2. The molecule has 0 saturated heterocycles. The molecule has 3 rings (SSSR count). The van der Waals surface area contributed by atoms with Crippen LogP contribution in [0.25, 0.3) is 0 Å². The Morgan fingerprint density at radius 2 is 1.04 bits per heavy atom. The second-order valence-electron chi connectivity index (χ2n) is 6.84. The highest BCUT2D eigenvalue weighted by atomic mass is 79.9. The highest BCUT2D eigenvalue weighted by molar-refractivity contribution is 8.93. The summed E-state index contributed by atoms with van der Waals surface area (Å²) in [5.74, 6) is 0. The number of halogens is 2. The predicted molar refractivity (Wildman–Crippen MR) is 138 cm³/mol. The molecule has 2 aromatic carbocycles. The number of anilines is 4. The minimum Gasteiger partial charge on any atom is -0.372 e. The zero-order valence-electron chi connectivity index (χ0n) is 17.8. The van der Waals surface area contributed by atoms with Gasteiger partial charge in [-0.1, -0.05) is 11.8 Å². The van der Waals surface area contributed by atoms with Crippen LogP contribution in [0.2, 0.25) is 0 Å². The van der Waals surface area contributed by atoms with E-state index in [1.807, 2.05) is 11.8 Å². The minimum atomic E-state index is 0. The van der Waals surface area contributed by atoms with Crippen molar-refractivity contribution in [3.63, 3.8) is 0 Å². The Bertz CT molecular complexity index is 737. The maximum atomic E-state index is 3.72. The lowest BCUT2D eigenvalue weighted by Gasteiger charge is -2.30. The average Bonchev–Trinajstić information content (AvgIpc) is 2.63. The fraction of sp³-hybridized carbons (Fsp3) is 0.455. The summed E-state index contributed by atoms with van der Waals surface area (Å²) in [4.78, 5) is 7.49. The van der Waals surface area contributed by atoms with E-state index >= 15 is 0 Å². The van der Waals surface area contributed by atoms with Crippen LogP contribution < -0.4 is 15.1 Å². The predicted octanol–water partition coefficient (Wildman–Crippen LogP) is 7.36. The lowest BCUT2D eigenvalue weighted by molar-refractivity contribution is 0.862. The van der Waals surface area contributed by atoms with E-state index in [4.69, 9.17) is 0 Å². The Balaban J connectivity index is 0.00000196. The molecule has 156 valence electrons. The minimum absolute atomic E-state index is 0. The molecule has 1 aliphatic heterocycles. The van der Waals surface area contributed by atoms with Crippen LogP contribution in [-0.4, -0.2) is 26.2 Å². The van der Waals surface area contributed by atoms with Gasteiger partial charge < -0.3 is 15.1 Å². The summed E-state index contributed by atoms with van der Waals surface area (Å²) in [7, 11) is 0. The topological polar surface area (TPSA) is 18.5 Å². The molecule has 1 heterocycles. The maximum Gasteiger partial charge on any atom is 0.0557 e. The quantitative estimate of drug-likeness (QED) is 0.358. The van der Waals surface area contributed by atoms with Gasteiger partial charge in [-0.3, -0.25) is 0 Å². The van der Waals surface area contributed by atoms with Gasteiger partial charge in [0.2, 0.25) is 0 Å². The third-order valence-electron chi connectivity index (χ3n) is 5.30. The highest BCUT2D eigenvalue weighted by Crippen LogP contribution is 2.49. The van der Waals surface area contributed by atoms with Crippen LogP contribution in [0.4, 0.5) is 22.7 Å². The molecule has 0 bridgehead atoms. The van der Waals surface area contributed by atoms with Crippen LogP contribution in [0.3, 0.4) is 0 Å². The Morgan fingerprint density at radius 1 is 0.679 bits per heavy atom. The van der Waals surface area contributed by atoms with Crippen LogP contribution in [0.1, 0.15) is 38.8 Å². The second kappa shape index (κ2) is 10.8. The fourth-order valence-electron chi connectivity index (χ4n) is 3.74. The molecule has 0 saturated carbocycles. The number of rotatable bonds is 6. The average molecular weight is 531 g/mol. The summed E-state index contributed by atoms with van der Waals surface area (Å²) in [5.41, 5.74) is 7.79. The van der Waals surface area contributed by atoms with Gasteiger partial charge in [-0.15, -0.1) is 34.0 Å². The molecule has 0 unspecified atom stereocenters. The van der Waals surface area contributed by atoms with Crippen molar-refractivity contribution < 1.29 is 0 Å². The van der Waals surface area contributed by atoms with E-state index in [1.165, 1.54) is 43.7 Å². The molecule has 28 heavy (non-hydrogen) atoms. The first-order valence-corrected chi connectivity index (χ1v) is 10.6. The van der Waals surface area contributed by atoms with Gasteiger partial charge in [-0.2, -0.15) is 0 Å². The lowest BCUT2D eigenvalue weighted by Crippen LogP contribution is -2.22. The van der Waals surface area contributed by atoms with Crippen molar-refractivity contribution in [3.8, 4) is 0 Å². The summed E-state index contributed by atoms with van der Waals surface area (Å²) in [5, 5.41) is 3.72. The van der Waals surface area contributed by atoms with Crippen molar-refractivity contribution in [3.05, 3.63) is 35.4 Å². The first kappa shape index (κ1) is 25.2. The van der Waals surface area contributed by atoms with Crippen molar-refractivity contribution >= 4 is 68.5 Å². The molecular formula is C22H33Br2N3S. The van der Waals surface area contributed by atoms with Crippen LogP contribution in [0, 0.1) is 13.8 Å². The Morgan fingerprint density at radius 3 is 1.36 bits per heavy atom. The molecule has 0 atom stereocenters. The molecule has 0 fully saturated rings. The van der Waals surface area contributed by atoms with Gasteiger partial charge in [0.15, 0.2) is 0 Å². The van der Waals surface area contributed by atoms with E-state index in [9.17, 15) is 0 Å². The van der Waals surface area contributed by atoms with Gasteiger partial charge >= 0.3 is 0 Å². The number of nitrogens with one attached hydrogen (secondary N) is 1. The zero-order chi connectivity index (χ0) is 18.8. The van der Waals surface area contributed by atoms with Crippen molar-refractivity contribution in [1.29, 1.82) is 0 Å². The SMILES string of the molecule is Br.Br.CCN(CC)c1cc(C)c2c(c1)Sc1cc(N(CC)CC)cc(C)c1N2. The number of hydrogen-bond donors (Lipinski definition) is 1. The van der Waals surface area contributed by atoms with Crippen molar-refractivity contribution in [2.75, 3.05) is 41.3 Å². The number of hydrogen-bond acceptors (Lipinski definition) is 4. The molecule has 1 aliphatic rings. The number of fused-ring (bicyclic) bond motifs is 2. The smallest absolute Gasteiger partial charge is 0.0557 e. The third-order valence-corrected chi connectivity index (χ3v) is 6.38. The molecule has 0 aromatic heterocycles. The molecule has 2 aromatic rings. The van der Waals surface area contributed by atoms with E-state index in [-0.39, 0.29) is 34.0 Å². The lowest BCUT2D eigenvalue weighted by atomic mass is 10.1. The van der Waals surface area contributed by atoms with Gasteiger partial charge in [-0.05, 0) is 76.9 Å². The molecular weight excluding hydrogens is 498 g/mol. The van der Waals surface area contributed by atoms with Gasteiger partial charge in [0.25, 0.3) is 0 Å². The van der Waals surface area contributed by atoms with Crippen molar-refractivity contribution in [1.82, 2.24) is 0 Å². The number of nitrogens with zero attached hydrogens (tertiary/aromatic N) is 2. The Kier molecular flexibility index (Phi) is 9.71. The van der Waals surface area contributed by atoms with Crippen molar-refractivity contribution in [2.24, 2.45) is 0 Å². The van der Waals surface area contributed by atoms with E-state index in [2.05, 4.69) is 80.9 Å². The largest absolute Gasteiger partial charge is 0.372 e. The second-order valence-corrected chi connectivity index (χ2v) is 7.93. The van der Waals surface area contributed by atoms with E-state index < -0.39 is 0 Å². The molecule has 0 amide bonds. The van der Waals surface area contributed by atoms with E-state index in [1.54, 1.807) is 0 Å². The normalized spacial score (nSPS) is 11.4. The van der Waals surface area contributed by atoms with E-state index in [0.29, 0.717) is 0 Å². The summed E-state index contributed by atoms with van der Waals surface area (Å²) in [6.07, 6.45) is 0. The first-order valence-electron chi connectivity index (χ1n) is 9.76. The van der Waals surface area contributed by atoms with E-state index in [0.717, 1.165) is 26.2 Å². The van der Waals surface area contributed by atoms with Gasteiger partial charge in [0.1, 0.15) is 0 Å². The van der Waals surface area contributed by atoms with Crippen LogP contribution >= 0.6 is 45.7 Å². The Hall–Kier alpha value is -0.850. The first-order chi connectivity index (χ1) is 12.5. The van der Waals surface area contributed by atoms with Crippen LogP contribution in [-0.2, 0) is 0 Å². The van der Waals surface area contributed by atoms with Gasteiger partial charge in [0, 0.05) is 47.3 Å². The molecule has 6 heteroatoms. The molecule has 0 aliphatic carbocycles. The van der Waals surface area contributed by atoms with Crippen LogP contribution in [0.5, 0.6) is 0 Å². The zero-order valence-corrected chi connectivity index (χ0v) is 22.0.